The van der Waals surface area contributed by atoms with Crippen LogP contribution in [0.15, 0.2) is 53.1 Å². The van der Waals surface area contributed by atoms with E-state index in [-0.39, 0.29) is 5.91 Å². The Morgan fingerprint density at radius 1 is 1.17 bits per heavy atom. The maximum Gasteiger partial charge on any atom is 0.256 e. The predicted octanol–water partition coefficient (Wildman–Crippen LogP) is 4.80. The lowest BCUT2D eigenvalue weighted by Crippen LogP contribution is -2.03. The number of nitrogens with zero attached hydrogens (tertiary/aromatic N) is 1. The van der Waals surface area contributed by atoms with Crippen LogP contribution in [0.2, 0.25) is 0 Å². The van der Waals surface area contributed by atoms with E-state index >= 15 is 0 Å². The lowest BCUT2D eigenvalue weighted by Gasteiger charge is -2.06. The van der Waals surface area contributed by atoms with Crippen molar-refractivity contribution in [3.05, 3.63) is 69.8 Å². The number of halogens is 1. The van der Waals surface area contributed by atoms with Gasteiger partial charge in [-0.2, -0.15) is 0 Å². The lowest BCUT2D eigenvalue weighted by atomic mass is 9.99. The fourth-order valence-corrected chi connectivity index (χ4v) is 3.24. The number of para-hydroxylation sites is 1. The molecule has 1 aliphatic heterocycles. The number of rotatable bonds is 1. The second kappa shape index (κ2) is 5.32. The van der Waals surface area contributed by atoms with Gasteiger partial charge in [-0.3, -0.25) is 9.78 Å². The Hall–Kier alpha value is -2.46. The molecule has 0 saturated carbocycles. The molecular weight excluding hydrogens is 352 g/mol. The van der Waals surface area contributed by atoms with Gasteiger partial charge in [-0.25, -0.2) is 0 Å². The Balaban J connectivity index is 1.88. The Morgan fingerprint density at radius 2 is 2.00 bits per heavy atom. The Morgan fingerprint density at radius 3 is 2.87 bits per heavy atom. The smallest absolute Gasteiger partial charge is 0.256 e. The zero-order chi connectivity index (χ0) is 16.0. The van der Waals surface area contributed by atoms with Gasteiger partial charge in [0.15, 0.2) is 0 Å². The molecule has 0 radical (unpaired) electrons. The van der Waals surface area contributed by atoms with E-state index in [2.05, 4.69) is 26.2 Å². The Kier molecular flexibility index (Phi) is 3.27. The summed E-state index contributed by atoms with van der Waals surface area (Å²) < 4.78 is 0.996. The van der Waals surface area contributed by atoms with Gasteiger partial charge < -0.3 is 5.32 Å². The van der Waals surface area contributed by atoms with Gasteiger partial charge in [-0.1, -0.05) is 34.1 Å². The van der Waals surface area contributed by atoms with Crippen molar-refractivity contribution in [1.29, 1.82) is 0 Å². The molecule has 1 amide bonds. The highest BCUT2D eigenvalue weighted by Crippen LogP contribution is 2.38. The van der Waals surface area contributed by atoms with Crippen molar-refractivity contribution in [2.45, 2.75) is 6.92 Å². The molecule has 0 saturated heterocycles. The van der Waals surface area contributed by atoms with Gasteiger partial charge in [0.2, 0.25) is 0 Å². The summed E-state index contributed by atoms with van der Waals surface area (Å²) in [6.07, 6.45) is 3.70. The van der Waals surface area contributed by atoms with Crippen LogP contribution in [0, 0.1) is 6.92 Å². The third-order valence-corrected chi connectivity index (χ3v) is 4.94. The summed E-state index contributed by atoms with van der Waals surface area (Å²) in [5, 5.41) is 3.99. The highest BCUT2D eigenvalue weighted by Gasteiger charge is 2.26. The highest BCUT2D eigenvalue weighted by molar-refractivity contribution is 9.10. The van der Waals surface area contributed by atoms with E-state index < -0.39 is 0 Å². The SMILES string of the molecule is Cc1c(Br)ccc2c1C(=Cc1cnc3ccccc3c1)C(=O)N2. The van der Waals surface area contributed by atoms with Crippen molar-refractivity contribution in [2.24, 2.45) is 0 Å². The number of hydrogen-bond acceptors (Lipinski definition) is 2. The third-order valence-electron chi connectivity index (χ3n) is 4.08. The van der Waals surface area contributed by atoms with E-state index in [1.165, 1.54) is 0 Å². The summed E-state index contributed by atoms with van der Waals surface area (Å²) in [4.78, 5) is 16.8. The van der Waals surface area contributed by atoms with Crippen molar-refractivity contribution < 1.29 is 4.79 Å². The standard InChI is InChI=1S/C19H13BrN2O/c1-11-15(20)6-7-17-18(11)14(19(23)22-17)9-12-8-13-4-2-3-5-16(13)21-10-12/h2-10H,1H3,(H,22,23). The summed E-state index contributed by atoms with van der Waals surface area (Å²) in [5.41, 5.74) is 5.41. The number of anilines is 1. The molecule has 1 N–H and O–H groups in total. The van der Waals surface area contributed by atoms with Gasteiger partial charge in [0.05, 0.1) is 5.52 Å². The van der Waals surface area contributed by atoms with Crippen LogP contribution in [-0.2, 0) is 4.79 Å². The molecular formula is C19H13BrN2O. The average Bonchev–Trinajstić information content (AvgIpc) is 2.87. The van der Waals surface area contributed by atoms with Crippen LogP contribution < -0.4 is 5.32 Å². The molecule has 112 valence electrons. The predicted molar refractivity (Wildman–Crippen MR) is 97.1 cm³/mol. The van der Waals surface area contributed by atoms with Gasteiger partial charge >= 0.3 is 0 Å². The topological polar surface area (TPSA) is 42.0 Å². The maximum atomic E-state index is 12.3. The van der Waals surface area contributed by atoms with Crippen LogP contribution in [0.4, 0.5) is 5.69 Å². The number of benzene rings is 2. The zero-order valence-electron chi connectivity index (χ0n) is 12.4. The Bertz CT molecular complexity index is 992. The molecule has 0 atom stereocenters. The molecule has 0 bridgehead atoms. The summed E-state index contributed by atoms with van der Waals surface area (Å²) in [7, 11) is 0. The molecule has 3 nitrogen and oxygen atoms in total. The first-order valence-corrected chi connectivity index (χ1v) is 8.10. The minimum Gasteiger partial charge on any atom is -0.321 e. The zero-order valence-corrected chi connectivity index (χ0v) is 14.0. The van der Waals surface area contributed by atoms with E-state index in [4.69, 9.17) is 0 Å². The molecule has 4 heteroatoms. The number of pyridine rings is 1. The molecule has 0 fully saturated rings. The molecule has 1 aromatic heterocycles. The van der Waals surface area contributed by atoms with E-state index in [9.17, 15) is 4.79 Å². The molecule has 0 unspecified atom stereocenters. The number of nitrogens with one attached hydrogen (secondary N) is 1. The average molecular weight is 365 g/mol. The molecule has 0 aliphatic carbocycles. The van der Waals surface area contributed by atoms with Gasteiger partial charge in [-0.15, -0.1) is 0 Å². The molecule has 0 spiro atoms. The summed E-state index contributed by atoms with van der Waals surface area (Å²) in [5.74, 6) is -0.0747. The van der Waals surface area contributed by atoms with Crippen LogP contribution in [0.25, 0.3) is 22.6 Å². The van der Waals surface area contributed by atoms with E-state index in [0.29, 0.717) is 5.57 Å². The summed E-state index contributed by atoms with van der Waals surface area (Å²) in [6, 6.07) is 13.9. The second-order valence-electron chi connectivity index (χ2n) is 5.57. The fraction of sp³-hybridized carbons (Fsp3) is 0.0526. The lowest BCUT2D eigenvalue weighted by molar-refractivity contribution is -0.110. The van der Waals surface area contributed by atoms with E-state index in [0.717, 1.165) is 37.8 Å². The van der Waals surface area contributed by atoms with Gasteiger partial charge in [0, 0.05) is 32.9 Å². The van der Waals surface area contributed by atoms with Crippen molar-refractivity contribution in [1.82, 2.24) is 4.98 Å². The van der Waals surface area contributed by atoms with Gasteiger partial charge in [0.1, 0.15) is 0 Å². The Labute approximate surface area is 142 Å². The molecule has 3 aromatic rings. The molecule has 23 heavy (non-hydrogen) atoms. The first-order chi connectivity index (χ1) is 11.1. The van der Waals surface area contributed by atoms with Gasteiger partial charge in [0.25, 0.3) is 5.91 Å². The molecule has 4 rings (SSSR count). The molecule has 2 aromatic carbocycles. The number of fused-ring (bicyclic) bond motifs is 2. The molecule has 2 heterocycles. The first-order valence-electron chi connectivity index (χ1n) is 7.31. The number of amides is 1. The maximum absolute atomic E-state index is 12.3. The van der Waals surface area contributed by atoms with Crippen molar-refractivity contribution in [3.8, 4) is 0 Å². The van der Waals surface area contributed by atoms with Crippen LogP contribution in [0.3, 0.4) is 0 Å². The number of hydrogen-bond donors (Lipinski definition) is 1. The van der Waals surface area contributed by atoms with Gasteiger partial charge in [-0.05, 0) is 48.4 Å². The van der Waals surface area contributed by atoms with Crippen LogP contribution in [0.1, 0.15) is 16.7 Å². The fourth-order valence-electron chi connectivity index (χ4n) is 2.91. The van der Waals surface area contributed by atoms with Crippen molar-refractivity contribution >= 4 is 50.1 Å². The number of carbonyl (C=O) groups excluding carboxylic acids is 1. The monoisotopic (exact) mass is 364 g/mol. The van der Waals surface area contributed by atoms with Crippen molar-refractivity contribution in [3.63, 3.8) is 0 Å². The summed E-state index contributed by atoms with van der Waals surface area (Å²) in [6.45, 7) is 2.01. The molecule has 1 aliphatic rings. The minimum atomic E-state index is -0.0747. The van der Waals surface area contributed by atoms with E-state index in [1.54, 1.807) is 6.20 Å². The largest absolute Gasteiger partial charge is 0.321 e. The van der Waals surface area contributed by atoms with Crippen LogP contribution in [-0.4, -0.2) is 10.9 Å². The third kappa shape index (κ3) is 2.35. The van der Waals surface area contributed by atoms with Crippen LogP contribution >= 0.6 is 15.9 Å². The van der Waals surface area contributed by atoms with Crippen molar-refractivity contribution in [2.75, 3.05) is 5.32 Å². The van der Waals surface area contributed by atoms with E-state index in [1.807, 2.05) is 55.5 Å². The second-order valence-corrected chi connectivity index (χ2v) is 6.42. The summed E-state index contributed by atoms with van der Waals surface area (Å²) >= 11 is 3.54. The highest BCUT2D eigenvalue weighted by atomic mass is 79.9. The minimum absolute atomic E-state index is 0.0747. The normalized spacial score (nSPS) is 15.0. The number of aromatic nitrogens is 1. The first kappa shape index (κ1) is 14.2. The quantitative estimate of drug-likeness (QED) is 0.630. The number of carbonyl (C=O) groups is 1. The van der Waals surface area contributed by atoms with Crippen LogP contribution in [0.5, 0.6) is 0 Å².